The molecule has 0 saturated heterocycles. The average Bonchev–Trinajstić information content (AvgIpc) is 2.48. The molecule has 0 saturated carbocycles. The molecule has 5 nitrogen and oxygen atoms in total. The molecule has 22 heavy (non-hydrogen) atoms. The van der Waals surface area contributed by atoms with Crippen LogP contribution < -0.4 is 11.1 Å². The fraction of sp³-hybridized carbons (Fsp3) is 0.400. The summed E-state index contributed by atoms with van der Waals surface area (Å²) < 4.78 is 0. The largest absolute Gasteiger partial charge is 0.379 e. The van der Waals surface area contributed by atoms with Crippen LogP contribution >= 0.6 is 23.5 Å². The molecule has 1 atom stereocenters. The summed E-state index contributed by atoms with van der Waals surface area (Å²) in [5.74, 6) is 1.05. The van der Waals surface area contributed by atoms with Crippen LogP contribution in [-0.4, -0.2) is 34.7 Å². The Balaban J connectivity index is 2.72. The minimum atomic E-state index is -0.254. The Labute approximate surface area is 139 Å². The smallest absolute Gasteiger partial charge is 0.228 e. The van der Waals surface area contributed by atoms with Crippen LogP contribution in [0.2, 0.25) is 0 Å². The zero-order valence-corrected chi connectivity index (χ0v) is 14.4. The number of thioether (sulfide) groups is 2. The number of hydrogen-bond donors (Lipinski definition) is 4. The van der Waals surface area contributed by atoms with Crippen LogP contribution in [0.15, 0.2) is 24.3 Å². The van der Waals surface area contributed by atoms with Gasteiger partial charge in [-0.2, -0.15) is 0 Å². The second-order valence-corrected chi connectivity index (χ2v) is 7.11. The van der Waals surface area contributed by atoms with E-state index in [4.69, 9.17) is 16.6 Å². The van der Waals surface area contributed by atoms with E-state index >= 15 is 0 Å². The molecule has 0 spiro atoms. The van der Waals surface area contributed by atoms with E-state index in [9.17, 15) is 4.79 Å². The molecule has 0 aliphatic carbocycles. The Hall–Kier alpha value is -1.47. The Kier molecular flexibility index (Phi) is 8.05. The van der Waals surface area contributed by atoms with Gasteiger partial charge in [-0.15, -0.1) is 11.8 Å². The number of aryl methyl sites for hydroxylation is 1. The van der Waals surface area contributed by atoms with E-state index in [0.717, 1.165) is 23.3 Å². The van der Waals surface area contributed by atoms with Crippen LogP contribution in [0.4, 0.5) is 0 Å². The van der Waals surface area contributed by atoms with Gasteiger partial charge in [0, 0.05) is 18.6 Å². The van der Waals surface area contributed by atoms with Crippen molar-refractivity contribution in [2.45, 2.75) is 19.3 Å². The highest BCUT2D eigenvalue weighted by Gasteiger charge is 2.19. The first-order valence-electron chi connectivity index (χ1n) is 6.89. The minimum absolute atomic E-state index is 0.0337. The molecular formula is C15H22N4OS2. The van der Waals surface area contributed by atoms with E-state index in [0.29, 0.717) is 10.8 Å². The van der Waals surface area contributed by atoms with Gasteiger partial charge < -0.3 is 11.1 Å². The highest BCUT2D eigenvalue weighted by atomic mass is 32.2. The lowest BCUT2D eigenvalue weighted by atomic mass is 9.98. The summed E-state index contributed by atoms with van der Waals surface area (Å²) in [4.78, 5) is 12.0. The Bertz CT molecular complexity index is 531. The lowest BCUT2D eigenvalue weighted by Gasteiger charge is -2.15. The van der Waals surface area contributed by atoms with Gasteiger partial charge in [-0.25, -0.2) is 0 Å². The number of benzene rings is 1. The maximum absolute atomic E-state index is 12.0. The topological polar surface area (TPSA) is 103 Å². The Morgan fingerprint density at radius 2 is 1.91 bits per heavy atom. The van der Waals surface area contributed by atoms with Crippen molar-refractivity contribution in [1.82, 2.24) is 5.32 Å². The van der Waals surface area contributed by atoms with Crippen LogP contribution in [0.1, 0.15) is 24.0 Å². The van der Waals surface area contributed by atoms with Gasteiger partial charge in [-0.3, -0.25) is 15.6 Å². The summed E-state index contributed by atoms with van der Waals surface area (Å²) in [6.07, 6.45) is 0.837. The second kappa shape index (κ2) is 9.53. The third-order valence-corrected chi connectivity index (χ3v) is 4.71. The van der Waals surface area contributed by atoms with E-state index in [1.807, 2.05) is 24.3 Å². The molecule has 120 valence electrons. The fourth-order valence-electron chi connectivity index (χ4n) is 1.90. The summed E-state index contributed by atoms with van der Waals surface area (Å²) in [7, 11) is 1.63. The predicted molar refractivity (Wildman–Crippen MR) is 97.2 cm³/mol. The van der Waals surface area contributed by atoms with Crippen molar-refractivity contribution in [3.8, 4) is 0 Å². The first kappa shape index (κ1) is 18.6. The molecule has 0 aliphatic rings. The van der Waals surface area contributed by atoms with Crippen LogP contribution in [0.5, 0.6) is 0 Å². The molecule has 1 aromatic carbocycles. The number of rotatable bonds is 7. The molecule has 0 heterocycles. The average molecular weight is 339 g/mol. The van der Waals surface area contributed by atoms with E-state index in [1.54, 1.807) is 14.0 Å². The molecule has 7 heteroatoms. The zero-order valence-electron chi connectivity index (χ0n) is 12.8. The first-order valence-corrected chi connectivity index (χ1v) is 8.86. The molecule has 1 aromatic rings. The van der Waals surface area contributed by atoms with Gasteiger partial charge in [0.1, 0.15) is 0 Å². The van der Waals surface area contributed by atoms with Crippen LogP contribution in [0, 0.1) is 10.8 Å². The monoisotopic (exact) mass is 338 g/mol. The lowest BCUT2D eigenvalue weighted by Crippen LogP contribution is -2.27. The quantitative estimate of drug-likeness (QED) is 0.453. The van der Waals surface area contributed by atoms with E-state index in [-0.39, 0.29) is 17.0 Å². The van der Waals surface area contributed by atoms with Crippen LogP contribution in [-0.2, 0) is 11.2 Å². The number of hydrogen-bond acceptors (Lipinski definition) is 5. The molecule has 0 fully saturated rings. The number of nitrogens with one attached hydrogen (secondary N) is 3. The maximum Gasteiger partial charge on any atom is 0.228 e. The molecule has 0 aromatic heterocycles. The maximum atomic E-state index is 12.0. The molecule has 0 radical (unpaired) electrons. The summed E-state index contributed by atoms with van der Waals surface area (Å²) in [6, 6.07) is 7.95. The Morgan fingerprint density at radius 1 is 1.27 bits per heavy atom. The van der Waals surface area contributed by atoms with Crippen molar-refractivity contribution in [3.63, 3.8) is 0 Å². The van der Waals surface area contributed by atoms with Crippen LogP contribution in [0.25, 0.3) is 0 Å². The first-order chi connectivity index (χ1) is 10.4. The molecule has 5 N–H and O–H groups in total. The second-order valence-electron chi connectivity index (χ2n) is 4.74. The zero-order chi connectivity index (χ0) is 16.5. The predicted octanol–water partition coefficient (Wildman–Crippen LogP) is 2.42. The number of carbonyl (C=O) groups is 1. The summed E-state index contributed by atoms with van der Waals surface area (Å²) in [5, 5.41) is 18.0. The standard InChI is InChI=1S/C15H22N4OS2/c1-10(16)22-9-13(14(20)19-2)12-5-3-11(4-6-12)7-8-21-15(17)18/h3-6,13,16H,7-9H2,1-2H3,(H3,17,18)(H,19,20)/t13-/m0/s1. The van der Waals surface area contributed by atoms with Crippen molar-refractivity contribution in [1.29, 1.82) is 10.8 Å². The minimum Gasteiger partial charge on any atom is -0.379 e. The Morgan fingerprint density at radius 3 is 2.41 bits per heavy atom. The summed E-state index contributed by atoms with van der Waals surface area (Å²) in [5.41, 5.74) is 7.42. The van der Waals surface area contributed by atoms with E-state index in [2.05, 4.69) is 5.32 Å². The highest BCUT2D eigenvalue weighted by Crippen LogP contribution is 2.22. The molecule has 0 bridgehead atoms. The number of amidine groups is 1. The SMILES string of the molecule is CNC(=O)[C@@H](CSC(C)=N)c1ccc(CCSC(=N)N)cc1. The van der Waals surface area contributed by atoms with Gasteiger partial charge in [0.05, 0.1) is 11.0 Å². The molecule has 0 unspecified atom stereocenters. The third-order valence-electron chi connectivity index (χ3n) is 3.06. The van der Waals surface area contributed by atoms with E-state index in [1.165, 1.54) is 23.5 Å². The van der Waals surface area contributed by atoms with Gasteiger partial charge >= 0.3 is 0 Å². The van der Waals surface area contributed by atoms with Gasteiger partial charge in [0.25, 0.3) is 0 Å². The number of amides is 1. The molecule has 0 aliphatic heterocycles. The van der Waals surface area contributed by atoms with Gasteiger partial charge in [-0.1, -0.05) is 36.0 Å². The molecule has 1 amide bonds. The number of carbonyl (C=O) groups excluding carboxylic acids is 1. The molecule has 1 rings (SSSR count). The van der Waals surface area contributed by atoms with Crippen LogP contribution in [0.3, 0.4) is 0 Å². The normalized spacial score (nSPS) is 11.7. The molecular weight excluding hydrogens is 316 g/mol. The van der Waals surface area contributed by atoms with Crippen molar-refractivity contribution in [2.24, 2.45) is 5.73 Å². The lowest BCUT2D eigenvalue weighted by molar-refractivity contribution is -0.121. The van der Waals surface area contributed by atoms with Crippen molar-refractivity contribution >= 4 is 39.6 Å². The number of likely N-dealkylation sites (N-methyl/N-ethyl adjacent to an activating group) is 1. The van der Waals surface area contributed by atoms with Gasteiger partial charge in [0.15, 0.2) is 5.17 Å². The summed E-state index contributed by atoms with van der Waals surface area (Å²) >= 11 is 2.71. The fourth-order valence-corrected chi connectivity index (χ4v) is 3.22. The van der Waals surface area contributed by atoms with Crippen molar-refractivity contribution in [3.05, 3.63) is 35.4 Å². The summed E-state index contributed by atoms with van der Waals surface area (Å²) in [6.45, 7) is 1.72. The van der Waals surface area contributed by atoms with Crippen molar-refractivity contribution in [2.75, 3.05) is 18.6 Å². The van der Waals surface area contributed by atoms with E-state index < -0.39 is 0 Å². The number of nitrogens with two attached hydrogens (primary N) is 1. The van der Waals surface area contributed by atoms with Crippen molar-refractivity contribution < 1.29 is 4.79 Å². The van der Waals surface area contributed by atoms with Gasteiger partial charge in [0.2, 0.25) is 5.91 Å². The van der Waals surface area contributed by atoms with Gasteiger partial charge in [-0.05, 0) is 24.5 Å². The highest BCUT2D eigenvalue weighted by molar-refractivity contribution is 8.14. The third kappa shape index (κ3) is 6.53.